The molecule has 4 saturated carbocycles. The van der Waals surface area contributed by atoms with Crippen LogP contribution in [0.4, 0.5) is 5.69 Å². The van der Waals surface area contributed by atoms with Crippen LogP contribution in [-0.4, -0.2) is 38.9 Å². The van der Waals surface area contributed by atoms with E-state index in [1.807, 2.05) is 6.92 Å². The summed E-state index contributed by atoms with van der Waals surface area (Å²) in [6.07, 6.45) is 9.15. The molecule has 5 aliphatic rings. The predicted molar refractivity (Wildman–Crippen MR) is 123 cm³/mol. The number of rotatable bonds is 8. The van der Waals surface area contributed by atoms with Crippen LogP contribution in [0.15, 0.2) is 27.5 Å². The molecule has 4 aliphatic carbocycles. The third kappa shape index (κ3) is 4.57. The summed E-state index contributed by atoms with van der Waals surface area (Å²) in [6, 6.07) is 5.09. The molecule has 2 N–H and O–H groups in total. The number of benzene rings is 1. The fraction of sp³-hybridized carbons (Fsp3) is 0.667. The zero-order valence-electron chi connectivity index (χ0n) is 18.7. The Kier molecular flexibility index (Phi) is 5.78. The molecule has 6 rings (SSSR count). The lowest BCUT2D eigenvalue weighted by Gasteiger charge is -2.56. The monoisotopic (exact) mass is 459 g/mol. The Morgan fingerprint density at radius 3 is 2.56 bits per heavy atom. The van der Waals surface area contributed by atoms with Gasteiger partial charge in [-0.3, -0.25) is 4.79 Å². The molecule has 4 fully saturated rings. The maximum absolute atomic E-state index is 12.4. The lowest BCUT2D eigenvalue weighted by molar-refractivity contribution is -0.162. The maximum Gasteiger partial charge on any atom is 0.286 e. The van der Waals surface area contributed by atoms with Crippen molar-refractivity contribution in [3.8, 4) is 0 Å². The lowest BCUT2D eigenvalue weighted by Crippen LogP contribution is -2.52. The standard InChI is InChI=1S/C24H33N3O4S/c1-16-3-4-21-20(9-16)26-22(27-32(21,29)30)5-6-23(28)25-7-2-8-31-24-13-17-10-18(14-24)12-19(11-17)15-24/h3-4,9,17-19H,2,5-8,10-15H2,1H3,(H,25,28)(H,26,27). The van der Waals surface area contributed by atoms with E-state index in [0.29, 0.717) is 24.7 Å². The van der Waals surface area contributed by atoms with Gasteiger partial charge in [-0.05, 0) is 87.3 Å². The number of nitrogens with one attached hydrogen (secondary N) is 2. The number of amidine groups is 1. The van der Waals surface area contributed by atoms with Crippen molar-refractivity contribution in [2.75, 3.05) is 18.5 Å². The van der Waals surface area contributed by atoms with Crippen LogP contribution in [0.2, 0.25) is 0 Å². The molecular weight excluding hydrogens is 426 g/mol. The Labute approximate surface area is 190 Å². The zero-order valence-corrected chi connectivity index (χ0v) is 19.5. The third-order valence-corrected chi connectivity index (χ3v) is 8.92. The van der Waals surface area contributed by atoms with Crippen molar-refractivity contribution in [3.05, 3.63) is 23.8 Å². The highest BCUT2D eigenvalue weighted by atomic mass is 32.2. The molecule has 0 aromatic heterocycles. The average molecular weight is 460 g/mol. The molecule has 0 unspecified atom stereocenters. The predicted octanol–water partition coefficient (Wildman–Crippen LogP) is 3.78. The van der Waals surface area contributed by atoms with Gasteiger partial charge in [0, 0.05) is 26.0 Å². The minimum absolute atomic E-state index is 0.100. The van der Waals surface area contributed by atoms with E-state index in [1.165, 1.54) is 38.5 Å². The second-order valence-electron chi connectivity index (χ2n) is 10.3. The molecular formula is C24H33N3O4S. The van der Waals surface area contributed by atoms with E-state index in [0.717, 1.165) is 29.7 Å². The number of amides is 1. The summed E-state index contributed by atoms with van der Waals surface area (Å²) in [4.78, 5) is 12.4. The summed E-state index contributed by atoms with van der Waals surface area (Å²) < 4.78 is 35.0. The van der Waals surface area contributed by atoms with Gasteiger partial charge in [0.05, 0.1) is 11.3 Å². The molecule has 1 amide bonds. The van der Waals surface area contributed by atoms with Crippen LogP contribution in [0.3, 0.4) is 0 Å². The smallest absolute Gasteiger partial charge is 0.286 e. The Morgan fingerprint density at radius 1 is 1.19 bits per heavy atom. The number of sulfonamides is 1. The molecule has 8 heteroatoms. The van der Waals surface area contributed by atoms with Crippen LogP contribution < -0.4 is 10.6 Å². The topological polar surface area (TPSA) is 96.9 Å². The fourth-order valence-electron chi connectivity index (χ4n) is 6.56. The molecule has 1 aromatic rings. The number of nitrogens with zero attached hydrogens (tertiary/aromatic N) is 1. The SMILES string of the molecule is Cc1ccc2c(c1)NC(CCC(=O)NCCCOC13CC4CC(CC(C4)C1)C3)=NS2(=O)=O. The van der Waals surface area contributed by atoms with Gasteiger partial charge in [-0.15, -0.1) is 4.40 Å². The Balaban J connectivity index is 1.04. The molecule has 1 aromatic carbocycles. The Hall–Kier alpha value is -1.93. The Bertz CT molecular complexity index is 998. The van der Waals surface area contributed by atoms with Crippen LogP contribution in [0.5, 0.6) is 0 Å². The number of carbonyl (C=O) groups excluding carboxylic acids is 1. The van der Waals surface area contributed by atoms with Gasteiger partial charge < -0.3 is 15.4 Å². The fourth-order valence-corrected chi connectivity index (χ4v) is 7.72. The van der Waals surface area contributed by atoms with Crippen LogP contribution in [0.25, 0.3) is 0 Å². The first-order valence-electron chi connectivity index (χ1n) is 11.9. The summed E-state index contributed by atoms with van der Waals surface area (Å²) in [6.45, 7) is 3.17. The van der Waals surface area contributed by atoms with E-state index in [4.69, 9.17) is 4.74 Å². The van der Waals surface area contributed by atoms with E-state index in [9.17, 15) is 13.2 Å². The van der Waals surface area contributed by atoms with Crippen molar-refractivity contribution in [3.63, 3.8) is 0 Å². The molecule has 4 bridgehead atoms. The second kappa shape index (κ2) is 8.45. The summed E-state index contributed by atoms with van der Waals surface area (Å²) in [5.41, 5.74) is 1.60. The lowest BCUT2D eigenvalue weighted by atomic mass is 9.54. The molecule has 32 heavy (non-hydrogen) atoms. The van der Waals surface area contributed by atoms with Gasteiger partial charge >= 0.3 is 0 Å². The van der Waals surface area contributed by atoms with E-state index < -0.39 is 10.0 Å². The highest BCUT2D eigenvalue weighted by molar-refractivity contribution is 7.90. The second-order valence-corrected chi connectivity index (χ2v) is 11.9. The van der Waals surface area contributed by atoms with E-state index in [2.05, 4.69) is 15.0 Å². The minimum Gasteiger partial charge on any atom is -0.375 e. The largest absolute Gasteiger partial charge is 0.375 e. The molecule has 0 spiro atoms. The van der Waals surface area contributed by atoms with E-state index in [-0.39, 0.29) is 29.2 Å². The Morgan fingerprint density at radius 2 is 1.88 bits per heavy atom. The average Bonchev–Trinajstić information content (AvgIpc) is 2.70. The molecule has 0 radical (unpaired) electrons. The third-order valence-electron chi connectivity index (χ3n) is 7.54. The first-order valence-corrected chi connectivity index (χ1v) is 13.4. The van der Waals surface area contributed by atoms with Crippen LogP contribution in [0, 0.1) is 24.7 Å². The summed E-state index contributed by atoms with van der Waals surface area (Å²) in [7, 11) is -3.72. The number of fused-ring (bicyclic) bond motifs is 1. The summed E-state index contributed by atoms with van der Waals surface area (Å²) in [5, 5.41) is 5.99. The number of hydrogen-bond acceptors (Lipinski definition) is 5. The molecule has 7 nitrogen and oxygen atoms in total. The van der Waals surface area contributed by atoms with Crippen LogP contribution in [0.1, 0.15) is 63.4 Å². The van der Waals surface area contributed by atoms with Crippen molar-refractivity contribution < 1.29 is 17.9 Å². The van der Waals surface area contributed by atoms with Gasteiger partial charge in [-0.25, -0.2) is 0 Å². The van der Waals surface area contributed by atoms with Crippen molar-refractivity contribution in [2.24, 2.45) is 22.2 Å². The quantitative estimate of drug-likeness (QED) is 0.577. The molecule has 1 aliphatic heterocycles. The summed E-state index contributed by atoms with van der Waals surface area (Å²) >= 11 is 0. The molecule has 0 saturated heterocycles. The van der Waals surface area contributed by atoms with Gasteiger partial charge in [0.1, 0.15) is 10.7 Å². The van der Waals surface area contributed by atoms with E-state index in [1.54, 1.807) is 18.2 Å². The van der Waals surface area contributed by atoms with E-state index >= 15 is 0 Å². The maximum atomic E-state index is 12.4. The van der Waals surface area contributed by atoms with Gasteiger partial charge in [-0.2, -0.15) is 8.42 Å². The van der Waals surface area contributed by atoms with Crippen molar-refractivity contribution in [1.82, 2.24) is 5.32 Å². The molecule has 1 heterocycles. The first kappa shape index (κ1) is 21.9. The van der Waals surface area contributed by atoms with Crippen molar-refractivity contribution in [1.29, 1.82) is 0 Å². The van der Waals surface area contributed by atoms with Crippen molar-refractivity contribution in [2.45, 2.75) is 75.2 Å². The minimum atomic E-state index is -3.72. The van der Waals surface area contributed by atoms with Gasteiger partial charge in [0.2, 0.25) is 5.91 Å². The van der Waals surface area contributed by atoms with Crippen molar-refractivity contribution >= 4 is 27.5 Å². The normalized spacial score (nSPS) is 31.5. The van der Waals surface area contributed by atoms with Gasteiger partial charge in [0.15, 0.2) is 0 Å². The first-order chi connectivity index (χ1) is 15.3. The molecule has 174 valence electrons. The highest BCUT2D eigenvalue weighted by Gasteiger charge is 2.51. The van der Waals surface area contributed by atoms with Gasteiger partial charge in [-0.1, -0.05) is 6.07 Å². The van der Waals surface area contributed by atoms with Gasteiger partial charge in [0.25, 0.3) is 10.0 Å². The number of carbonyl (C=O) groups is 1. The zero-order chi connectivity index (χ0) is 22.3. The number of ether oxygens (including phenoxy) is 1. The van der Waals surface area contributed by atoms with Crippen LogP contribution in [-0.2, 0) is 19.6 Å². The van der Waals surface area contributed by atoms with Crippen LogP contribution >= 0.6 is 0 Å². The molecule has 0 atom stereocenters. The highest BCUT2D eigenvalue weighted by Crippen LogP contribution is 2.57. The number of hydrogen-bond donors (Lipinski definition) is 2. The summed E-state index contributed by atoms with van der Waals surface area (Å²) in [5.74, 6) is 2.83. The number of aryl methyl sites for hydroxylation is 1. The number of anilines is 1.